The van der Waals surface area contributed by atoms with E-state index in [0.717, 1.165) is 22.4 Å². The lowest BCUT2D eigenvalue weighted by molar-refractivity contribution is 0.102. The van der Waals surface area contributed by atoms with Crippen LogP contribution < -0.4 is 5.32 Å². The molecule has 0 saturated heterocycles. The van der Waals surface area contributed by atoms with Crippen molar-refractivity contribution in [3.63, 3.8) is 0 Å². The van der Waals surface area contributed by atoms with E-state index in [1.807, 2.05) is 13.0 Å². The SMILES string of the molecule is CCCc1nnsc1C(=O)Nc1cc(Br)ccc1C#N. The Kier molecular flexibility index (Phi) is 4.82. The number of nitrogens with one attached hydrogen (secondary N) is 1. The standard InChI is InChI=1S/C13H11BrN4OS/c1-2-3-10-12(20-18-17-10)13(19)16-11-6-9(14)5-4-8(11)7-15/h4-6H,2-3H2,1H3,(H,16,19). The molecule has 7 heteroatoms. The monoisotopic (exact) mass is 350 g/mol. The van der Waals surface area contributed by atoms with E-state index in [1.54, 1.807) is 18.2 Å². The van der Waals surface area contributed by atoms with E-state index in [-0.39, 0.29) is 5.91 Å². The summed E-state index contributed by atoms with van der Waals surface area (Å²) in [5.41, 5.74) is 1.59. The van der Waals surface area contributed by atoms with Gasteiger partial charge < -0.3 is 5.32 Å². The summed E-state index contributed by atoms with van der Waals surface area (Å²) in [4.78, 5) is 12.7. The summed E-state index contributed by atoms with van der Waals surface area (Å²) >= 11 is 4.39. The van der Waals surface area contributed by atoms with Gasteiger partial charge in [-0.1, -0.05) is 33.8 Å². The maximum Gasteiger partial charge on any atom is 0.269 e. The van der Waals surface area contributed by atoms with E-state index in [1.165, 1.54) is 0 Å². The third-order valence-corrected chi connectivity index (χ3v) is 3.86. The van der Waals surface area contributed by atoms with Gasteiger partial charge in [0.15, 0.2) is 0 Å². The number of carbonyl (C=O) groups is 1. The van der Waals surface area contributed by atoms with Crippen LogP contribution in [0.3, 0.4) is 0 Å². The Morgan fingerprint density at radius 2 is 2.35 bits per heavy atom. The quantitative estimate of drug-likeness (QED) is 0.916. The van der Waals surface area contributed by atoms with Crippen molar-refractivity contribution in [3.8, 4) is 6.07 Å². The van der Waals surface area contributed by atoms with Crippen LogP contribution in [0.15, 0.2) is 22.7 Å². The molecule has 0 radical (unpaired) electrons. The zero-order valence-corrected chi connectivity index (χ0v) is 13.1. The first-order chi connectivity index (χ1) is 9.65. The largest absolute Gasteiger partial charge is 0.320 e. The number of rotatable bonds is 4. The van der Waals surface area contributed by atoms with Crippen molar-refractivity contribution in [1.29, 1.82) is 5.26 Å². The van der Waals surface area contributed by atoms with Crippen molar-refractivity contribution < 1.29 is 4.79 Å². The highest BCUT2D eigenvalue weighted by molar-refractivity contribution is 9.10. The maximum absolute atomic E-state index is 12.2. The first kappa shape index (κ1) is 14.6. The highest BCUT2D eigenvalue weighted by Crippen LogP contribution is 2.22. The van der Waals surface area contributed by atoms with Gasteiger partial charge in [-0.25, -0.2) is 0 Å². The third-order valence-electron chi connectivity index (χ3n) is 2.60. The number of nitrogens with zero attached hydrogens (tertiary/aromatic N) is 3. The van der Waals surface area contributed by atoms with Crippen LogP contribution in [0.1, 0.15) is 34.3 Å². The summed E-state index contributed by atoms with van der Waals surface area (Å²) in [6.45, 7) is 2.02. The van der Waals surface area contributed by atoms with Gasteiger partial charge in [-0.05, 0) is 36.2 Å². The van der Waals surface area contributed by atoms with Crippen molar-refractivity contribution in [2.24, 2.45) is 0 Å². The second-order valence-electron chi connectivity index (χ2n) is 4.05. The molecule has 20 heavy (non-hydrogen) atoms. The molecular weight excluding hydrogens is 340 g/mol. The number of carbonyl (C=O) groups excluding carboxylic acids is 1. The van der Waals surface area contributed by atoms with Crippen molar-refractivity contribution in [3.05, 3.63) is 38.8 Å². The highest BCUT2D eigenvalue weighted by Gasteiger charge is 2.17. The lowest BCUT2D eigenvalue weighted by Crippen LogP contribution is -2.13. The van der Waals surface area contributed by atoms with Crippen molar-refractivity contribution in [2.75, 3.05) is 5.32 Å². The number of amides is 1. The average molecular weight is 351 g/mol. The maximum atomic E-state index is 12.2. The van der Waals surface area contributed by atoms with Gasteiger partial charge in [0.1, 0.15) is 10.9 Å². The number of hydrogen-bond acceptors (Lipinski definition) is 5. The van der Waals surface area contributed by atoms with E-state index < -0.39 is 0 Å². The van der Waals surface area contributed by atoms with Crippen molar-refractivity contribution in [2.45, 2.75) is 19.8 Å². The van der Waals surface area contributed by atoms with Crippen LogP contribution in [0.2, 0.25) is 0 Å². The molecule has 1 amide bonds. The molecular formula is C13H11BrN4OS. The number of benzene rings is 1. The Hall–Kier alpha value is -1.78. The topological polar surface area (TPSA) is 78.7 Å². The molecule has 1 N–H and O–H groups in total. The Labute approximate surface area is 128 Å². The van der Waals surface area contributed by atoms with Crippen LogP contribution in [0.25, 0.3) is 0 Å². The predicted octanol–water partition coefficient (Wildman–Crippen LogP) is 3.38. The molecule has 0 unspecified atom stereocenters. The minimum atomic E-state index is -0.280. The van der Waals surface area contributed by atoms with Crippen LogP contribution in [-0.2, 0) is 6.42 Å². The molecule has 0 bridgehead atoms. The molecule has 1 aromatic carbocycles. The van der Waals surface area contributed by atoms with E-state index in [4.69, 9.17) is 5.26 Å². The zero-order valence-electron chi connectivity index (χ0n) is 10.7. The predicted molar refractivity (Wildman–Crippen MR) is 80.7 cm³/mol. The Balaban J connectivity index is 2.26. The second-order valence-corrected chi connectivity index (χ2v) is 5.72. The number of hydrogen-bond donors (Lipinski definition) is 1. The summed E-state index contributed by atoms with van der Waals surface area (Å²) in [5, 5.41) is 15.8. The van der Waals surface area contributed by atoms with Crippen LogP contribution >= 0.6 is 27.5 Å². The fraction of sp³-hybridized carbons (Fsp3) is 0.231. The van der Waals surface area contributed by atoms with Crippen LogP contribution in [0.4, 0.5) is 5.69 Å². The average Bonchev–Trinajstić information content (AvgIpc) is 2.88. The molecule has 2 rings (SSSR count). The van der Waals surface area contributed by atoms with E-state index >= 15 is 0 Å². The first-order valence-corrected chi connectivity index (χ1v) is 7.54. The molecule has 0 atom stereocenters. The summed E-state index contributed by atoms with van der Waals surface area (Å²) in [6, 6.07) is 7.15. The molecule has 5 nitrogen and oxygen atoms in total. The molecule has 0 fully saturated rings. The fourth-order valence-corrected chi connectivity index (χ4v) is 2.64. The van der Waals surface area contributed by atoms with Gasteiger partial charge in [0.25, 0.3) is 5.91 Å². The van der Waals surface area contributed by atoms with Crippen LogP contribution in [0.5, 0.6) is 0 Å². The number of halogens is 1. The summed E-state index contributed by atoms with van der Waals surface area (Å²) in [5.74, 6) is -0.280. The molecule has 2 aromatic rings. The van der Waals surface area contributed by atoms with Gasteiger partial charge in [-0.2, -0.15) is 5.26 Å². The van der Waals surface area contributed by atoms with Gasteiger partial charge in [0, 0.05) is 4.47 Å². The minimum Gasteiger partial charge on any atom is -0.320 e. The number of anilines is 1. The number of aromatic nitrogens is 2. The fourth-order valence-electron chi connectivity index (χ4n) is 1.68. The molecule has 0 aliphatic rings. The molecule has 1 heterocycles. The Morgan fingerprint density at radius 1 is 1.55 bits per heavy atom. The molecule has 1 aromatic heterocycles. The Bertz CT molecular complexity index is 677. The van der Waals surface area contributed by atoms with Crippen LogP contribution in [-0.4, -0.2) is 15.5 Å². The number of nitriles is 1. The summed E-state index contributed by atoms with van der Waals surface area (Å²) in [7, 11) is 0. The van der Waals surface area contributed by atoms with Crippen molar-refractivity contribution in [1.82, 2.24) is 9.59 Å². The smallest absolute Gasteiger partial charge is 0.269 e. The van der Waals surface area contributed by atoms with Gasteiger partial charge in [0.2, 0.25) is 0 Å². The van der Waals surface area contributed by atoms with Gasteiger partial charge in [-0.3, -0.25) is 4.79 Å². The summed E-state index contributed by atoms with van der Waals surface area (Å²) in [6.07, 6.45) is 1.61. The Morgan fingerprint density at radius 3 is 3.05 bits per heavy atom. The molecule has 0 aliphatic heterocycles. The minimum absolute atomic E-state index is 0.280. The lowest BCUT2D eigenvalue weighted by atomic mass is 10.2. The normalized spacial score (nSPS) is 10.1. The van der Waals surface area contributed by atoms with Gasteiger partial charge >= 0.3 is 0 Å². The second kappa shape index (κ2) is 6.59. The zero-order chi connectivity index (χ0) is 14.5. The third kappa shape index (κ3) is 3.21. The molecule has 102 valence electrons. The molecule has 0 saturated carbocycles. The van der Waals surface area contributed by atoms with E-state index in [2.05, 4.69) is 30.8 Å². The van der Waals surface area contributed by atoms with Crippen molar-refractivity contribution >= 4 is 39.1 Å². The summed E-state index contributed by atoms with van der Waals surface area (Å²) < 4.78 is 4.61. The first-order valence-electron chi connectivity index (χ1n) is 5.98. The van der Waals surface area contributed by atoms with Gasteiger partial charge in [-0.15, -0.1) is 5.10 Å². The van der Waals surface area contributed by atoms with Gasteiger partial charge in [0.05, 0.1) is 16.9 Å². The van der Waals surface area contributed by atoms with E-state index in [0.29, 0.717) is 28.2 Å². The lowest BCUT2D eigenvalue weighted by Gasteiger charge is -2.06. The molecule has 0 spiro atoms. The highest BCUT2D eigenvalue weighted by atomic mass is 79.9. The van der Waals surface area contributed by atoms with Crippen LogP contribution in [0, 0.1) is 11.3 Å². The number of aryl methyl sites for hydroxylation is 1. The molecule has 0 aliphatic carbocycles. The van der Waals surface area contributed by atoms with E-state index in [9.17, 15) is 4.79 Å².